The fourth-order valence-corrected chi connectivity index (χ4v) is 1.98. The summed E-state index contributed by atoms with van der Waals surface area (Å²) in [6, 6.07) is 8.45. The Hall–Kier alpha value is -1.53. The van der Waals surface area contributed by atoms with Crippen LogP contribution in [-0.4, -0.2) is 42.0 Å². The summed E-state index contributed by atoms with van der Waals surface area (Å²) in [5.74, 6) is -1.11. The molecule has 0 radical (unpaired) electrons. The molecular formula is C14H20F2N2O2. The maximum atomic E-state index is 12.4. The van der Waals surface area contributed by atoms with Gasteiger partial charge in [0, 0.05) is 12.6 Å². The van der Waals surface area contributed by atoms with Crippen LogP contribution < -0.4 is 5.73 Å². The highest BCUT2D eigenvalue weighted by molar-refractivity contribution is 5.79. The summed E-state index contributed by atoms with van der Waals surface area (Å²) in [6.45, 7) is 0.446. The van der Waals surface area contributed by atoms with Crippen molar-refractivity contribution in [3.05, 3.63) is 35.9 Å². The average Bonchev–Trinajstić information content (AvgIpc) is 2.45. The van der Waals surface area contributed by atoms with Crippen molar-refractivity contribution >= 4 is 5.91 Å². The standard InChI is InChI=1S/C14H20F2N2O2/c1-10(13(17)11-5-3-2-4-6-11)14(20)18(7-8-19)9-12(15)16/h2-6,10,12-13,19H,7-9,17H2,1H3. The monoisotopic (exact) mass is 286 g/mol. The zero-order chi connectivity index (χ0) is 15.1. The van der Waals surface area contributed by atoms with Gasteiger partial charge in [0.1, 0.15) is 0 Å². The first-order valence-electron chi connectivity index (χ1n) is 6.45. The Labute approximate surface area is 117 Å². The second kappa shape index (κ2) is 7.91. The molecule has 0 fully saturated rings. The Morgan fingerprint density at radius 1 is 1.35 bits per heavy atom. The van der Waals surface area contributed by atoms with Gasteiger partial charge in [-0.1, -0.05) is 37.3 Å². The van der Waals surface area contributed by atoms with E-state index in [-0.39, 0.29) is 13.2 Å². The van der Waals surface area contributed by atoms with E-state index in [1.165, 1.54) is 0 Å². The van der Waals surface area contributed by atoms with Gasteiger partial charge in [0.2, 0.25) is 5.91 Å². The first kappa shape index (κ1) is 16.5. The number of benzene rings is 1. The number of carbonyl (C=O) groups excluding carboxylic acids is 1. The molecule has 0 heterocycles. The summed E-state index contributed by atoms with van der Waals surface area (Å²) < 4.78 is 24.9. The predicted octanol–water partition coefficient (Wildman–Crippen LogP) is 1.41. The average molecular weight is 286 g/mol. The largest absolute Gasteiger partial charge is 0.395 e. The van der Waals surface area contributed by atoms with Crippen molar-refractivity contribution < 1.29 is 18.7 Å². The number of rotatable bonds is 7. The van der Waals surface area contributed by atoms with Crippen LogP contribution in [0.3, 0.4) is 0 Å². The molecule has 4 nitrogen and oxygen atoms in total. The van der Waals surface area contributed by atoms with Gasteiger partial charge in [0.15, 0.2) is 0 Å². The summed E-state index contributed by atoms with van der Waals surface area (Å²) in [6.07, 6.45) is -2.63. The highest BCUT2D eigenvalue weighted by Gasteiger charge is 2.27. The lowest BCUT2D eigenvalue weighted by Crippen LogP contribution is -2.43. The lowest BCUT2D eigenvalue weighted by Gasteiger charge is -2.28. The van der Waals surface area contributed by atoms with E-state index in [9.17, 15) is 13.6 Å². The minimum atomic E-state index is -2.63. The molecule has 3 N–H and O–H groups in total. The molecule has 1 aromatic carbocycles. The number of amides is 1. The van der Waals surface area contributed by atoms with Crippen LogP contribution in [-0.2, 0) is 4.79 Å². The molecule has 2 atom stereocenters. The molecule has 0 saturated carbocycles. The zero-order valence-electron chi connectivity index (χ0n) is 11.4. The van der Waals surface area contributed by atoms with E-state index in [0.29, 0.717) is 0 Å². The van der Waals surface area contributed by atoms with Crippen molar-refractivity contribution in [3.8, 4) is 0 Å². The first-order chi connectivity index (χ1) is 9.47. The molecule has 0 bridgehead atoms. The molecule has 0 aliphatic heterocycles. The molecule has 6 heteroatoms. The summed E-state index contributed by atoms with van der Waals surface area (Å²) in [5, 5.41) is 8.87. The number of hydrogen-bond donors (Lipinski definition) is 2. The van der Waals surface area contributed by atoms with E-state index >= 15 is 0 Å². The third-order valence-electron chi connectivity index (χ3n) is 3.15. The molecule has 2 unspecified atom stereocenters. The van der Waals surface area contributed by atoms with Gasteiger partial charge in [0.25, 0.3) is 6.43 Å². The van der Waals surface area contributed by atoms with E-state index in [1.54, 1.807) is 31.2 Å². The van der Waals surface area contributed by atoms with Gasteiger partial charge in [-0.2, -0.15) is 0 Å². The Kier molecular flexibility index (Phi) is 6.54. The SMILES string of the molecule is CC(C(=O)N(CCO)CC(F)F)C(N)c1ccccc1. The predicted molar refractivity (Wildman–Crippen MR) is 72.2 cm³/mol. The Morgan fingerprint density at radius 3 is 2.45 bits per heavy atom. The van der Waals surface area contributed by atoms with Crippen molar-refractivity contribution in [2.75, 3.05) is 19.7 Å². The van der Waals surface area contributed by atoms with Gasteiger partial charge in [-0.15, -0.1) is 0 Å². The van der Waals surface area contributed by atoms with Crippen LogP contribution in [0.25, 0.3) is 0 Å². The number of nitrogens with zero attached hydrogens (tertiary/aromatic N) is 1. The molecule has 0 aliphatic carbocycles. The van der Waals surface area contributed by atoms with Crippen LogP contribution in [0.15, 0.2) is 30.3 Å². The molecule has 0 saturated heterocycles. The number of hydrogen-bond acceptors (Lipinski definition) is 3. The fourth-order valence-electron chi connectivity index (χ4n) is 1.98. The number of nitrogens with two attached hydrogens (primary N) is 1. The van der Waals surface area contributed by atoms with E-state index < -0.39 is 30.8 Å². The minimum absolute atomic E-state index is 0.116. The Bertz CT molecular complexity index is 415. The maximum absolute atomic E-state index is 12.4. The smallest absolute Gasteiger partial charge is 0.255 e. The molecule has 0 aromatic heterocycles. The van der Waals surface area contributed by atoms with Crippen molar-refractivity contribution in [2.24, 2.45) is 11.7 Å². The minimum Gasteiger partial charge on any atom is -0.395 e. The summed E-state index contributed by atoms with van der Waals surface area (Å²) >= 11 is 0. The van der Waals surface area contributed by atoms with Crippen LogP contribution in [0.4, 0.5) is 8.78 Å². The van der Waals surface area contributed by atoms with Crippen LogP contribution in [0.1, 0.15) is 18.5 Å². The zero-order valence-corrected chi connectivity index (χ0v) is 11.4. The highest BCUT2D eigenvalue weighted by Crippen LogP contribution is 2.21. The van der Waals surface area contributed by atoms with Crippen LogP contribution in [0.2, 0.25) is 0 Å². The number of aliphatic hydroxyl groups is 1. The maximum Gasteiger partial charge on any atom is 0.255 e. The Morgan fingerprint density at radius 2 is 1.95 bits per heavy atom. The van der Waals surface area contributed by atoms with Crippen molar-refractivity contribution in [3.63, 3.8) is 0 Å². The molecule has 0 spiro atoms. The number of carbonyl (C=O) groups is 1. The quantitative estimate of drug-likeness (QED) is 0.796. The summed E-state index contributed by atoms with van der Waals surface area (Å²) in [7, 11) is 0. The first-order valence-corrected chi connectivity index (χ1v) is 6.45. The van der Waals surface area contributed by atoms with Crippen molar-refractivity contribution in [1.29, 1.82) is 0 Å². The summed E-state index contributed by atoms with van der Waals surface area (Å²) in [5.41, 5.74) is 6.78. The number of aliphatic hydroxyl groups excluding tert-OH is 1. The van der Waals surface area contributed by atoms with Crippen molar-refractivity contribution in [1.82, 2.24) is 4.90 Å². The van der Waals surface area contributed by atoms with Gasteiger partial charge < -0.3 is 15.7 Å². The molecule has 1 amide bonds. The second-order valence-corrected chi connectivity index (χ2v) is 4.62. The summed E-state index contributed by atoms with van der Waals surface area (Å²) in [4.78, 5) is 13.1. The van der Waals surface area contributed by atoms with Gasteiger partial charge in [0.05, 0.1) is 19.1 Å². The molecule has 20 heavy (non-hydrogen) atoms. The van der Waals surface area contributed by atoms with E-state index in [1.807, 2.05) is 6.07 Å². The molecule has 1 aromatic rings. The fraction of sp³-hybridized carbons (Fsp3) is 0.500. The number of halogens is 2. The lowest BCUT2D eigenvalue weighted by molar-refractivity contribution is -0.138. The van der Waals surface area contributed by atoms with Gasteiger partial charge in [-0.3, -0.25) is 4.79 Å². The van der Waals surface area contributed by atoms with E-state index in [0.717, 1.165) is 10.5 Å². The van der Waals surface area contributed by atoms with E-state index in [2.05, 4.69) is 0 Å². The third-order valence-corrected chi connectivity index (χ3v) is 3.15. The van der Waals surface area contributed by atoms with Crippen LogP contribution >= 0.6 is 0 Å². The second-order valence-electron chi connectivity index (χ2n) is 4.62. The lowest BCUT2D eigenvalue weighted by atomic mass is 9.94. The molecule has 0 aliphatic rings. The number of alkyl halides is 2. The van der Waals surface area contributed by atoms with Gasteiger partial charge in [-0.25, -0.2) is 8.78 Å². The van der Waals surface area contributed by atoms with Crippen molar-refractivity contribution in [2.45, 2.75) is 19.4 Å². The molecule has 112 valence electrons. The van der Waals surface area contributed by atoms with Crippen LogP contribution in [0, 0.1) is 5.92 Å². The Balaban J connectivity index is 2.77. The molecule has 1 rings (SSSR count). The van der Waals surface area contributed by atoms with Crippen LogP contribution in [0.5, 0.6) is 0 Å². The van der Waals surface area contributed by atoms with Gasteiger partial charge >= 0.3 is 0 Å². The topological polar surface area (TPSA) is 66.6 Å². The van der Waals surface area contributed by atoms with Gasteiger partial charge in [-0.05, 0) is 5.56 Å². The third kappa shape index (κ3) is 4.54. The highest BCUT2D eigenvalue weighted by atomic mass is 19.3. The molecular weight excluding hydrogens is 266 g/mol. The van der Waals surface area contributed by atoms with E-state index in [4.69, 9.17) is 10.8 Å². The normalized spacial score (nSPS) is 14.1.